The Bertz CT molecular complexity index is 1040. The molecule has 2 aliphatic rings. The fourth-order valence-corrected chi connectivity index (χ4v) is 6.72. The second kappa shape index (κ2) is 10.4. The Hall–Kier alpha value is -2.16. The average molecular weight is 474 g/mol. The number of nitrogens with one attached hydrogen (secondary N) is 1. The predicted octanol–water partition coefficient (Wildman–Crippen LogP) is 3.64. The molecule has 3 heterocycles. The topological polar surface area (TPSA) is 82.9 Å². The SMILES string of the molecule is Cc1ccc(S(=O)(=O)N2CCC(C(=O)NCC(c3ccco3)N3CCCCC3)CC2)c(C)c1. The highest BCUT2D eigenvalue weighted by Crippen LogP contribution is 2.28. The second-order valence-electron chi connectivity index (χ2n) is 9.32. The van der Waals surface area contributed by atoms with Crippen LogP contribution in [-0.2, 0) is 14.8 Å². The number of carbonyl (C=O) groups excluding carboxylic acids is 1. The summed E-state index contributed by atoms with van der Waals surface area (Å²) in [5.74, 6) is 0.716. The first-order chi connectivity index (χ1) is 15.9. The highest BCUT2D eigenvalue weighted by Gasteiger charge is 2.33. The monoisotopic (exact) mass is 473 g/mol. The van der Waals surface area contributed by atoms with Crippen LogP contribution in [-0.4, -0.2) is 56.3 Å². The van der Waals surface area contributed by atoms with Gasteiger partial charge in [0.2, 0.25) is 15.9 Å². The lowest BCUT2D eigenvalue weighted by Gasteiger charge is -2.34. The number of likely N-dealkylation sites (tertiary alicyclic amines) is 1. The minimum atomic E-state index is -3.55. The third-order valence-corrected chi connectivity index (χ3v) is 9.00. The number of piperidine rings is 2. The molecule has 2 aliphatic heterocycles. The summed E-state index contributed by atoms with van der Waals surface area (Å²) >= 11 is 0. The highest BCUT2D eigenvalue weighted by atomic mass is 32.2. The van der Waals surface area contributed by atoms with E-state index in [1.54, 1.807) is 12.3 Å². The van der Waals surface area contributed by atoms with Gasteiger partial charge in [-0.15, -0.1) is 0 Å². The number of nitrogens with zero attached hydrogens (tertiary/aromatic N) is 2. The molecule has 1 unspecified atom stereocenters. The quantitative estimate of drug-likeness (QED) is 0.664. The number of rotatable bonds is 7. The van der Waals surface area contributed by atoms with E-state index in [-0.39, 0.29) is 17.9 Å². The Kier molecular flexibility index (Phi) is 7.56. The Labute approximate surface area is 197 Å². The standard InChI is InChI=1S/C25H35N3O4S/c1-19-8-9-24(20(2)17-19)33(30,31)28-14-10-21(11-15-28)25(29)26-18-22(23-7-6-16-32-23)27-12-4-3-5-13-27/h6-9,16-17,21-22H,3-5,10-15,18H2,1-2H3,(H,26,29). The zero-order valence-electron chi connectivity index (χ0n) is 19.6. The number of aryl methyl sites for hydroxylation is 2. The molecule has 1 amide bonds. The molecule has 2 saturated heterocycles. The van der Waals surface area contributed by atoms with Crippen LogP contribution in [0.15, 0.2) is 45.9 Å². The molecule has 0 spiro atoms. The summed E-state index contributed by atoms with van der Waals surface area (Å²) in [7, 11) is -3.55. The van der Waals surface area contributed by atoms with Crippen molar-refractivity contribution in [1.29, 1.82) is 0 Å². The zero-order chi connectivity index (χ0) is 23.4. The Morgan fingerprint density at radius 2 is 1.82 bits per heavy atom. The normalized spacial score (nSPS) is 19.9. The number of hydrogen-bond donors (Lipinski definition) is 1. The molecule has 0 saturated carbocycles. The molecule has 0 aliphatic carbocycles. The summed E-state index contributed by atoms with van der Waals surface area (Å²) in [5.41, 5.74) is 1.80. The Morgan fingerprint density at radius 1 is 1.09 bits per heavy atom. The Morgan fingerprint density at radius 3 is 2.45 bits per heavy atom. The highest BCUT2D eigenvalue weighted by molar-refractivity contribution is 7.89. The molecular formula is C25H35N3O4S. The lowest BCUT2D eigenvalue weighted by molar-refractivity contribution is -0.126. The molecule has 2 aromatic rings. The number of benzene rings is 1. The molecule has 4 rings (SSSR count). The minimum absolute atomic E-state index is 0.00660. The number of sulfonamides is 1. The van der Waals surface area contributed by atoms with E-state index in [4.69, 9.17) is 4.42 Å². The first-order valence-electron chi connectivity index (χ1n) is 12.0. The Balaban J connectivity index is 1.34. The van der Waals surface area contributed by atoms with Crippen molar-refractivity contribution in [2.75, 3.05) is 32.7 Å². The van der Waals surface area contributed by atoms with Gasteiger partial charge in [-0.25, -0.2) is 8.42 Å². The van der Waals surface area contributed by atoms with Crippen molar-refractivity contribution in [1.82, 2.24) is 14.5 Å². The fraction of sp³-hybridized carbons (Fsp3) is 0.560. The number of furan rings is 1. The first-order valence-corrected chi connectivity index (χ1v) is 13.4. The minimum Gasteiger partial charge on any atom is -0.468 e. The largest absolute Gasteiger partial charge is 0.468 e. The van der Waals surface area contributed by atoms with Crippen LogP contribution in [0.25, 0.3) is 0 Å². The van der Waals surface area contributed by atoms with E-state index in [1.165, 1.54) is 23.6 Å². The molecule has 0 bridgehead atoms. The third kappa shape index (κ3) is 5.50. The fourth-order valence-electron chi connectivity index (χ4n) is 5.05. The van der Waals surface area contributed by atoms with Gasteiger partial charge in [-0.2, -0.15) is 4.31 Å². The van der Waals surface area contributed by atoms with E-state index < -0.39 is 10.0 Å². The summed E-state index contributed by atoms with van der Waals surface area (Å²) in [6.07, 6.45) is 6.32. The van der Waals surface area contributed by atoms with Crippen molar-refractivity contribution in [3.63, 3.8) is 0 Å². The van der Waals surface area contributed by atoms with Crippen LogP contribution in [0, 0.1) is 19.8 Å². The summed E-state index contributed by atoms with van der Waals surface area (Å²) in [4.78, 5) is 15.7. The summed E-state index contributed by atoms with van der Waals surface area (Å²) in [5, 5.41) is 3.13. The van der Waals surface area contributed by atoms with Gasteiger partial charge in [-0.1, -0.05) is 24.1 Å². The maximum atomic E-state index is 13.1. The van der Waals surface area contributed by atoms with E-state index in [0.29, 0.717) is 37.4 Å². The van der Waals surface area contributed by atoms with Crippen LogP contribution in [0.5, 0.6) is 0 Å². The van der Waals surface area contributed by atoms with E-state index in [1.807, 2.05) is 38.1 Å². The predicted molar refractivity (Wildman–Crippen MR) is 127 cm³/mol. The van der Waals surface area contributed by atoms with E-state index in [2.05, 4.69) is 10.2 Å². The molecule has 1 aromatic heterocycles. The second-order valence-corrected chi connectivity index (χ2v) is 11.2. The van der Waals surface area contributed by atoms with Gasteiger partial charge >= 0.3 is 0 Å². The van der Waals surface area contributed by atoms with Gasteiger partial charge < -0.3 is 9.73 Å². The van der Waals surface area contributed by atoms with Crippen molar-refractivity contribution in [3.05, 3.63) is 53.5 Å². The summed E-state index contributed by atoms with van der Waals surface area (Å²) in [6, 6.07) is 9.31. The summed E-state index contributed by atoms with van der Waals surface area (Å²) in [6.45, 7) is 7.04. The van der Waals surface area contributed by atoms with Gasteiger partial charge in [0.15, 0.2) is 0 Å². The van der Waals surface area contributed by atoms with Crippen LogP contribution in [0.1, 0.15) is 55.0 Å². The smallest absolute Gasteiger partial charge is 0.243 e. The van der Waals surface area contributed by atoms with Gasteiger partial charge in [0.25, 0.3) is 0 Å². The lowest BCUT2D eigenvalue weighted by atomic mass is 9.97. The molecule has 7 nitrogen and oxygen atoms in total. The van der Waals surface area contributed by atoms with Crippen LogP contribution >= 0.6 is 0 Å². The van der Waals surface area contributed by atoms with Crippen molar-refractivity contribution in [3.8, 4) is 0 Å². The van der Waals surface area contributed by atoms with Gasteiger partial charge in [0, 0.05) is 25.6 Å². The maximum Gasteiger partial charge on any atom is 0.243 e. The van der Waals surface area contributed by atoms with Crippen LogP contribution in [0.2, 0.25) is 0 Å². The van der Waals surface area contributed by atoms with Crippen molar-refractivity contribution >= 4 is 15.9 Å². The lowest BCUT2D eigenvalue weighted by Crippen LogP contribution is -2.45. The van der Waals surface area contributed by atoms with Gasteiger partial charge in [0.05, 0.1) is 17.2 Å². The van der Waals surface area contributed by atoms with Crippen LogP contribution in [0.4, 0.5) is 0 Å². The van der Waals surface area contributed by atoms with Crippen molar-refractivity contribution in [2.45, 2.75) is 56.9 Å². The molecule has 33 heavy (non-hydrogen) atoms. The van der Waals surface area contributed by atoms with E-state index >= 15 is 0 Å². The van der Waals surface area contributed by atoms with Crippen molar-refractivity contribution < 1.29 is 17.6 Å². The number of hydrogen-bond acceptors (Lipinski definition) is 5. The maximum absolute atomic E-state index is 13.1. The van der Waals surface area contributed by atoms with E-state index in [9.17, 15) is 13.2 Å². The van der Waals surface area contributed by atoms with Crippen LogP contribution < -0.4 is 5.32 Å². The third-order valence-electron chi connectivity index (χ3n) is 6.95. The van der Waals surface area contributed by atoms with Gasteiger partial charge in [0.1, 0.15) is 5.76 Å². The number of carbonyl (C=O) groups is 1. The number of amides is 1. The molecule has 0 radical (unpaired) electrons. The molecular weight excluding hydrogens is 438 g/mol. The van der Waals surface area contributed by atoms with E-state index in [0.717, 1.165) is 30.0 Å². The van der Waals surface area contributed by atoms with Crippen LogP contribution in [0.3, 0.4) is 0 Å². The first kappa shape index (κ1) is 24.0. The summed E-state index contributed by atoms with van der Waals surface area (Å²) < 4.78 is 33.4. The molecule has 2 fully saturated rings. The molecule has 8 heteroatoms. The zero-order valence-corrected chi connectivity index (χ0v) is 20.4. The molecule has 180 valence electrons. The van der Waals surface area contributed by atoms with Gasteiger partial charge in [-0.3, -0.25) is 9.69 Å². The average Bonchev–Trinajstić information content (AvgIpc) is 3.34. The van der Waals surface area contributed by atoms with Crippen molar-refractivity contribution in [2.24, 2.45) is 5.92 Å². The molecule has 1 atom stereocenters. The van der Waals surface area contributed by atoms with Gasteiger partial charge in [-0.05, 0) is 76.4 Å². The molecule has 1 N–H and O–H groups in total. The molecule has 1 aromatic carbocycles.